The van der Waals surface area contributed by atoms with Crippen molar-refractivity contribution in [2.75, 3.05) is 37.3 Å². The Bertz CT molecular complexity index is 984. The summed E-state index contributed by atoms with van der Waals surface area (Å²) < 4.78 is 15.4. The maximum atomic E-state index is 12.9. The number of carbonyl (C=O) groups is 1. The highest BCUT2D eigenvalue weighted by Crippen LogP contribution is 2.55. The Morgan fingerprint density at radius 2 is 1.94 bits per heavy atom. The third kappa shape index (κ3) is 3.74. The maximum absolute atomic E-state index is 12.9. The third-order valence-electron chi connectivity index (χ3n) is 6.81. The molecule has 2 heterocycles. The van der Waals surface area contributed by atoms with Crippen LogP contribution in [0.25, 0.3) is 0 Å². The highest BCUT2D eigenvalue weighted by Gasteiger charge is 2.52. The molecule has 0 radical (unpaired) electrons. The topological polar surface area (TPSA) is 62.8 Å². The van der Waals surface area contributed by atoms with E-state index >= 15 is 0 Å². The molecule has 1 saturated carbocycles. The minimum Gasteiger partial charge on any atom is -0.496 e. The number of hydrogen-bond acceptors (Lipinski definition) is 6. The van der Waals surface area contributed by atoms with E-state index < -0.39 is 0 Å². The van der Waals surface area contributed by atoms with Crippen LogP contribution in [0.2, 0.25) is 0 Å². The van der Waals surface area contributed by atoms with Crippen LogP contribution in [-0.2, 0) is 10.2 Å². The summed E-state index contributed by atoms with van der Waals surface area (Å²) in [6.07, 6.45) is 5.07. The first kappa shape index (κ1) is 20.5. The second-order valence-electron chi connectivity index (χ2n) is 8.76. The Kier molecular flexibility index (Phi) is 5.48. The van der Waals surface area contributed by atoms with Crippen molar-refractivity contribution in [1.29, 1.82) is 0 Å². The number of hydrogen-bond donors (Lipinski definition) is 2. The lowest BCUT2D eigenvalue weighted by atomic mass is 9.65. The number of piperidine rings is 1. The predicted molar refractivity (Wildman–Crippen MR) is 124 cm³/mol. The lowest BCUT2D eigenvalue weighted by Crippen LogP contribution is -2.40. The molecule has 2 aliphatic heterocycles. The van der Waals surface area contributed by atoms with E-state index in [1.807, 2.05) is 30.3 Å². The molecule has 5 rings (SSSR count). The zero-order valence-corrected chi connectivity index (χ0v) is 18.9. The van der Waals surface area contributed by atoms with E-state index in [0.717, 1.165) is 78.5 Å². The van der Waals surface area contributed by atoms with Crippen LogP contribution < -0.4 is 19.5 Å². The number of benzene rings is 2. The first-order chi connectivity index (χ1) is 15.1. The summed E-state index contributed by atoms with van der Waals surface area (Å²) in [6.45, 7) is 2.06. The van der Waals surface area contributed by atoms with Gasteiger partial charge < -0.3 is 24.4 Å². The van der Waals surface area contributed by atoms with E-state index in [-0.39, 0.29) is 17.4 Å². The Morgan fingerprint density at radius 3 is 2.65 bits per heavy atom. The van der Waals surface area contributed by atoms with E-state index in [1.165, 1.54) is 11.9 Å². The Morgan fingerprint density at radius 1 is 1.16 bits per heavy atom. The van der Waals surface area contributed by atoms with Gasteiger partial charge in [-0.2, -0.15) is 0 Å². The van der Waals surface area contributed by atoms with E-state index in [9.17, 15) is 4.79 Å². The predicted octanol–water partition coefficient (Wildman–Crippen LogP) is 4.66. The lowest BCUT2D eigenvalue weighted by molar-refractivity contribution is -0.123. The number of methoxy groups -OCH3 is 1. The highest BCUT2D eigenvalue weighted by molar-refractivity contribution is 8.00. The number of likely N-dealkylation sites (tertiary alicyclic amines) is 1. The van der Waals surface area contributed by atoms with E-state index in [1.54, 1.807) is 7.11 Å². The summed E-state index contributed by atoms with van der Waals surface area (Å²) >= 11 is 1.51. The van der Waals surface area contributed by atoms with Crippen LogP contribution in [0.5, 0.6) is 11.5 Å². The van der Waals surface area contributed by atoms with Crippen molar-refractivity contribution in [2.45, 2.75) is 48.5 Å². The Labute approximate surface area is 187 Å². The molecule has 31 heavy (non-hydrogen) atoms. The molecule has 2 aromatic rings. The van der Waals surface area contributed by atoms with Gasteiger partial charge >= 0.3 is 0 Å². The molecule has 6 nitrogen and oxygen atoms in total. The van der Waals surface area contributed by atoms with Crippen LogP contribution in [0, 0.1) is 0 Å². The molecule has 0 aromatic heterocycles. The summed E-state index contributed by atoms with van der Waals surface area (Å²) in [5.74, 6) is 1.74. The highest BCUT2D eigenvalue weighted by atomic mass is 32.2. The van der Waals surface area contributed by atoms with Crippen molar-refractivity contribution in [3.8, 4) is 11.5 Å². The molecule has 7 heteroatoms. The summed E-state index contributed by atoms with van der Waals surface area (Å²) in [5, 5.41) is 3.15. The van der Waals surface area contributed by atoms with Gasteiger partial charge in [0.1, 0.15) is 17.6 Å². The number of nitrogens with one attached hydrogen (secondary N) is 2. The molecule has 3 aliphatic rings. The van der Waals surface area contributed by atoms with E-state index in [2.05, 4.69) is 28.1 Å². The van der Waals surface area contributed by atoms with Gasteiger partial charge in [0.05, 0.1) is 23.1 Å². The fourth-order valence-corrected chi connectivity index (χ4v) is 5.50. The van der Waals surface area contributed by atoms with E-state index in [4.69, 9.17) is 9.47 Å². The molecule has 1 amide bonds. The monoisotopic (exact) mass is 439 g/mol. The minimum absolute atomic E-state index is 0.122. The number of nitrogens with zero attached hydrogens (tertiary/aromatic N) is 1. The fraction of sp³-hybridized carbons (Fsp3) is 0.458. The van der Waals surface area contributed by atoms with Gasteiger partial charge in [-0.25, -0.2) is 0 Å². The largest absolute Gasteiger partial charge is 0.496 e. The molecule has 1 aliphatic carbocycles. The summed E-state index contributed by atoms with van der Waals surface area (Å²) in [4.78, 5) is 16.2. The van der Waals surface area contributed by atoms with Gasteiger partial charge in [0.15, 0.2) is 0 Å². The zero-order valence-electron chi connectivity index (χ0n) is 18.1. The molecular formula is C24H29N3O3S. The van der Waals surface area contributed by atoms with Crippen LogP contribution in [-0.4, -0.2) is 44.2 Å². The molecule has 2 N–H and O–H groups in total. The first-order valence-electron chi connectivity index (χ1n) is 11.0. The molecule has 0 unspecified atom stereocenters. The van der Waals surface area contributed by atoms with Crippen LogP contribution >= 0.6 is 11.9 Å². The molecule has 0 atom stereocenters. The van der Waals surface area contributed by atoms with Crippen LogP contribution in [0.3, 0.4) is 0 Å². The average Bonchev–Trinajstić information content (AvgIpc) is 3.06. The lowest BCUT2D eigenvalue weighted by Gasteiger charge is -2.36. The van der Waals surface area contributed by atoms with Crippen LogP contribution in [0.4, 0.5) is 11.4 Å². The van der Waals surface area contributed by atoms with Crippen LogP contribution in [0.1, 0.15) is 37.7 Å². The molecule has 1 saturated heterocycles. The summed E-state index contributed by atoms with van der Waals surface area (Å²) in [6, 6.07) is 12.1. The number of rotatable bonds is 6. The van der Waals surface area contributed by atoms with Gasteiger partial charge in [0.2, 0.25) is 5.91 Å². The van der Waals surface area contributed by atoms with Crippen LogP contribution in [0.15, 0.2) is 41.3 Å². The zero-order chi connectivity index (χ0) is 21.4. The van der Waals surface area contributed by atoms with Gasteiger partial charge in [-0.3, -0.25) is 4.79 Å². The second-order valence-corrected chi connectivity index (χ2v) is 9.61. The smallest absolute Gasteiger partial charge is 0.235 e. The maximum Gasteiger partial charge on any atom is 0.235 e. The molecular weight excluding hydrogens is 410 g/mol. The summed E-state index contributed by atoms with van der Waals surface area (Å²) in [5.41, 5.74) is 2.52. The van der Waals surface area contributed by atoms with Crippen molar-refractivity contribution in [3.63, 3.8) is 0 Å². The average molecular weight is 440 g/mol. The number of ether oxygens (including phenoxy) is 2. The Hall–Kier alpha value is -2.38. The van der Waals surface area contributed by atoms with Crippen molar-refractivity contribution < 1.29 is 14.3 Å². The first-order valence-corrected chi connectivity index (χ1v) is 11.8. The van der Waals surface area contributed by atoms with Crippen molar-refractivity contribution >= 4 is 29.2 Å². The number of amides is 1. The normalized spacial score (nSPS) is 20.1. The van der Waals surface area contributed by atoms with Crippen molar-refractivity contribution in [1.82, 2.24) is 4.90 Å². The van der Waals surface area contributed by atoms with Crippen molar-refractivity contribution in [3.05, 3.63) is 42.0 Å². The van der Waals surface area contributed by atoms with Gasteiger partial charge in [-0.1, -0.05) is 18.6 Å². The van der Waals surface area contributed by atoms with Gasteiger partial charge in [-0.05, 0) is 68.4 Å². The van der Waals surface area contributed by atoms with Crippen molar-refractivity contribution in [2.24, 2.45) is 0 Å². The number of anilines is 2. The standard InChI is InChI=1S/C24H29N3O3S/c1-27-12-8-17(9-13-27)30-20-15-16(26-31-21-7-4-3-6-19(21)29-2)14-18-22(20)25-23(28)24(18)10-5-11-24/h3-4,6-7,14-15,17,26H,5,8-13H2,1-2H3,(H,25,28). The SMILES string of the molecule is COc1ccccc1SNc1cc(OC2CCN(C)CC2)c2c(c1)C1(CCC1)C(=O)N2. The molecule has 1 spiro atoms. The summed E-state index contributed by atoms with van der Waals surface area (Å²) in [7, 11) is 3.83. The molecule has 2 aromatic carbocycles. The number of carbonyl (C=O) groups excluding carboxylic acids is 1. The number of fused-ring (bicyclic) bond motifs is 2. The molecule has 164 valence electrons. The fourth-order valence-electron chi connectivity index (χ4n) is 4.76. The second kappa shape index (κ2) is 8.28. The van der Waals surface area contributed by atoms with Gasteiger partial charge in [-0.15, -0.1) is 0 Å². The van der Waals surface area contributed by atoms with E-state index in [0.29, 0.717) is 0 Å². The quantitative estimate of drug-likeness (QED) is 0.639. The minimum atomic E-state index is -0.382. The van der Waals surface area contributed by atoms with Gasteiger partial charge in [0.25, 0.3) is 0 Å². The Balaban J connectivity index is 1.44. The molecule has 2 fully saturated rings. The molecule has 0 bridgehead atoms. The number of para-hydroxylation sites is 1. The van der Waals surface area contributed by atoms with Gasteiger partial charge in [0, 0.05) is 24.8 Å². The third-order valence-corrected chi connectivity index (χ3v) is 7.70.